The second-order valence-corrected chi connectivity index (χ2v) is 5.41. The van der Waals surface area contributed by atoms with Gasteiger partial charge < -0.3 is 15.1 Å². The van der Waals surface area contributed by atoms with Gasteiger partial charge in [-0.2, -0.15) is 0 Å². The summed E-state index contributed by atoms with van der Waals surface area (Å²) in [7, 11) is 1.70. The molecule has 1 saturated carbocycles. The van der Waals surface area contributed by atoms with Gasteiger partial charge in [0.25, 0.3) is 0 Å². The van der Waals surface area contributed by atoms with Gasteiger partial charge in [-0.3, -0.25) is 9.59 Å². The van der Waals surface area contributed by atoms with Crippen LogP contribution in [0.2, 0.25) is 0 Å². The summed E-state index contributed by atoms with van der Waals surface area (Å²) in [5.74, 6) is 0.850. The number of nitrogens with one attached hydrogen (secondary N) is 1. The largest absolute Gasteiger partial charge is 0.341 e. The lowest BCUT2D eigenvalue weighted by Gasteiger charge is -2.21. The highest BCUT2D eigenvalue weighted by Crippen LogP contribution is 2.27. The minimum Gasteiger partial charge on any atom is -0.341 e. The molecule has 1 heterocycles. The molecule has 0 aromatic heterocycles. The second kappa shape index (κ2) is 6.18. The van der Waals surface area contributed by atoms with Crippen molar-refractivity contribution in [3.05, 3.63) is 0 Å². The Labute approximate surface area is 108 Å². The highest BCUT2D eigenvalue weighted by atomic mass is 16.2. The van der Waals surface area contributed by atoms with Gasteiger partial charge in [0.2, 0.25) is 11.8 Å². The van der Waals surface area contributed by atoms with Crippen molar-refractivity contribution >= 4 is 11.8 Å². The quantitative estimate of drug-likeness (QED) is 0.728. The predicted molar refractivity (Wildman–Crippen MR) is 69.0 cm³/mol. The molecule has 0 aromatic rings. The maximum atomic E-state index is 11.9. The van der Waals surface area contributed by atoms with Crippen LogP contribution in [0.3, 0.4) is 0 Å². The van der Waals surface area contributed by atoms with Crippen LogP contribution in [0, 0.1) is 5.92 Å². The van der Waals surface area contributed by atoms with E-state index in [0.717, 1.165) is 38.4 Å². The predicted octanol–water partition coefficient (Wildman–Crippen LogP) is 0.0668. The van der Waals surface area contributed by atoms with E-state index in [0.29, 0.717) is 6.54 Å². The summed E-state index contributed by atoms with van der Waals surface area (Å²) >= 11 is 0. The molecule has 5 heteroatoms. The van der Waals surface area contributed by atoms with Crippen LogP contribution in [0.25, 0.3) is 0 Å². The highest BCUT2D eigenvalue weighted by molar-refractivity contribution is 5.85. The van der Waals surface area contributed by atoms with Crippen LogP contribution >= 0.6 is 0 Å². The van der Waals surface area contributed by atoms with E-state index in [1.165, 1.54) is 17.7 Å². The second-order valence-electron chi connectivity index (χ2n) is 5.41. The van der Waals surface area contributed by atoms with Crippen molar-refractivity contribution in [2.24, 2.45) is 5.92 Å². The monoisotopic (exact) mass is 253 g/mol. The normalized spacial score (nSPS) is 19.1. The molecule has 1 aliphatic heterocycles. The lowest BCUT2D eigenvalue weighted by Crippen LogP contribution is -2.43. The van der Waals surface area contributed by atoms with Crippen molar-refractivity contribution < 1.29 is 9.59 Å². The maximum absolute atomic E-state index is 11.9. The lowest BCUT2D eigenvalue weighted by molar-refractivity contribution is -0.138. The number of amides is 2. The maximum Gasteiger partial charge on any atom is 0.242 e. The number of rotatable bonds is 6. The zero-order valence-electron chi connectivity index (χ0n) is 11.2. The van der Waals surface area contributed by atoms with E-state index in [4.69, 9.17) is 0 Å². The fourth-order valence-electron chi connectivity index (χ4n) is 2.20. The molecule has 2 rings (SSSR count). The topological polar surface area (TPSA) is 52.7 Å². The first kappa shape index (κ1) is 13.3. The fraction of sp³-hybridized carbons (Fsp3) is 0.846. The van der Waals surface area contributed by atoms with E-state index < -0.39 is 0 Å². The molecule has 102 valence electrons. The van der Waals surface area contributed by atoms with E-state index in [1.54, 1.807) is 7.05 Å². The van der Waals surface area contributed by atoms with Crippen molar-refractivity contribution in [2.45, 2.75) is 25.7 Å². The summed E-state index contributed by atoms with van der Waals surface area (Å²) < 4.78 is 0. The molecule has 1 saturated heterocycles. The molecule has 0 unspecified atom stereocenters. The van der Waals surface area contributed by atoms with E-state index >= 15 is 0 Å². The van der Waals surface area contributed by atoms with E-state index in [2.05, 4.69) is 5.32 Å². The summed E-state index contributed by atoms with van der Waals surface area (Å²) in [6, 6.07) is 0. The third-order valence-electron chi connectivity index (χ3n) is 3.66. The highest BCUT2D eigenvalue weighted by Gasteiger charge is 2.22. The standard InChI is InChI=1S/C13H23N3O2/c1-15(10-13(18)16-6-2-3-7-16)12(17)9-14-8-11-4-5-11/h11,14H,2-10H2,1H3. The minimum atomic E-state index is 0.00296. The van der Waals surface area contributed by atoms with Gasteiger partial charge in [-0.25, -0.2) is 0 Å². The van der Waals surface area contributed by atoms with E-state index in [1.807, 2.05) is 4.90 Å². The van der Waals surface area contributed by atoms with Crippen molar-refractivity contribution in [1.29, 1.82) is 0 Å². The van der Waals surface area contributed by atoms with Crippen LogP contribution in [-0.2, 0) is 9.59 Å². The smallest absolute Gasteiger partial charge is 0.242 e. The van der Waals surface area contributed by atoms with Gasteiger partial charge in [-0.1, -0.05) is 0 Å². The Kier molecular flexibility index (Phi) is 4.58. The molecule has 1 N–H and O–H groups in total. The zero-order valence-corrected chi connectivity index (χ0v) is 11.2. The first-order valence-electron chi connectivity index (χ1n) is 6.89. The van der Waals surface area contributed by atoms with Crippen molar-refractivity contribution in [2.75, 3.05) is 39.8 Å². The Bertz CT molecular complexity index is 309. The number of likely N-dealkylation sites (tertiary alicyclic amines) is 1. The van der Waals surface area contributed by atoms with Gasteiger partial charge in [0.15, 0.2) is 0 Å². The summed E-state index contributed by atoms with van der Waals surface area (Å²) in [5.41, 5.74) is 0. The van der Waals surface area contributed by atoms with Crippen LogP contribution in [0.4, 0.5) is 0 Å². The Morgan fingerprint density at radius 1 is 1.28 bits per heavy atom. The molecular weight excluding hydrogens is 230 g/mol. The van der Waals surface area contributed by atoms with Crippen LogP contribution < -0.4 is 5.32 Å². The first-order valence-corrected chi connectivity index (χ1v) is 6.89. The van der Waals surface area contributed by atoms with Crippen LogP contribution in [0.5, 0.6) is 0 Å². The average molecular weight is 253 g/mol. The van der Waals surface area contributed by atoms with Crippen molar-refractivity contribution in [3.63, 3.8) is 0 Å². The van der Waals surface area contributed by atoms with Gasteiger partial charge in [0.1, 0.15) is 0 Å². The zero-order chi connectivity index (χ0) is 13.0. The SMILES string of the molecule is CN(CC(=O)N1CCCC1)C(=O)CNCC1CC1. The third-order valence-corrected chi connectivity index (χ3v) is 3.66. The number of hydrogen-bond acceptors (Lipinski definition) is 3. The molecule has 0 radical (unpaired) electrons. The molecule has 5 nitrogen and oxygen atoms in total. The lowest BCUT2D eigenvalue weighted by atomic mass is 10.4. The number of nitrogens with zero attached hydrogens (tertiary/aromatic N) is 2. The van der Waals surface area contributed by atoms with Crippen LogP contribution in [-0.4, -0.2) is 61.4 Å². The fourth-order valence-corrected chi connectivity index (χ4v) is 2.20. The summed E-state index contributed by atoms with van der Waals surface area (Å²) in [6.45, 7) is 3.19. The van der Waals surface area contributed by atoms with Gasteiger partial charge >= 0.3 is 0 Å². The molecule has 2 fully saturated rings. The van der Waals surface area contributed by atoms with Gasteiger partial charge in [0.05, 0.1) is 13.1 Å². The van der Waals surface area contributed by atoms with Gasteiger partial charge in [-0.05, 0) is 38.1 Å². The molecule has 18 heavy (non-hydrogen) atoms. The Balaban J connectivity index is 1.63. The van der Waals surface area contributed by atoms with Crippen molar-refractivity contribution in [3.8, 4) is 0 Å². The average Bonchev–Trinajstić information content (AvgIpc) is 3.00. The molecule has 2 amide bonds. The Morgan fingerprint density at radius 3 is 2.56 bits per heavy atom. The molecule has 0 aromatic carbocycles. The molecule has 0 bridgehead atoms. The summed E-state index contributed by atoms with van der Waals surface area (Å²) in [6.07, 6.45) is 4.74. The number of hydrogen-bond donors (Lipinski definition) is 1. The Hall–Kier alpha value is -1.10. The molecule has 0 atom stereocenters. The first-order chi connectivity index (χ1) is 8.66. The van der Waals surface area contributed by atoms with Crippen LogP contribution in [0.1, 0.15) is 25.7 Å². The number of carbonyl (C=O) groups excluding carboxylic acids is 2. The Morgan fingerprint density at radius 2 is 1.94 bits per heavy atom. The molecule has 2 aliphatic rings. The minimum absolute atomic E-state index is 0.00296. The van der Waals surface area contributed by atoms with E-state index in [9.17, 15) is 9.59 Å². The van der Waals surface area contributed by atoms with Gasteiger partial charge in [-0.15, -0.1) is 0 Å². The molecule has 1 aliphatic carbocycles. The van der Waals surface area contributed by atoms with Crippen LogP contribution in [0.15, 0.2) is 0 Å². The van der Waals surface area contributed by atoms with Gasteiger partial charge in [0, 0.05) is 20.1 Å². The van der Waals surface area contributed by atoms with Crippen molar-refractivity contribution in [1.82, 2.24) is 15.1 Å². The number of likely N-dealkylation sites (N-methyl/N-ethyl adjacent to an activating group) is 1. The van der Waals surface area contributed by atoms with E-state index in [-0.39, 0.29) is 18.4 Å². The molecular formula is C13H23N3O2. The molecule has 0 spiro atoms. The summed E-state index contributed by atoms with van der Waals surface area (Å²) in [5, 5.41) is 3.15. The number of carbonyl (C=O) groups is 2. The third kappa shape index (κ3) is 3.98. The summed E-state index contributed by atoms with van der Waals surface area (Å²) in [4.78, 5) is 27.0.